The Hall–Kier alpha value is -4.39. The van der Waals surface area contributed by atoms with Gasteiger partial charge in [0.15, 0.2) is 0 Å². The fourth-order valence-electron chi connectivity index (χ4n) is 3.29. The van der Waals surface area contributed by atoms with Crippen molar-refractivity contribution in [3.05, 3.63) is 96.2 Å². The Balaban J connectivity index is 1.59. The third kappa shape index (κ3) is 5.10. The van der Waals surface area contributed by atoms with Crippen molar-refractivity contribution in [2.75, 3.05) is 26.1 Å². The molecule has 1 heterocycles. The minimum Gasteiger partial charge on any atom is -0.497 e. The molecular formula is C26H25N5O2. The molecule has 0 atom stereocenters. The standard InChI is InChI=1S/C26H25N5O2/c1-30(2)21-13-9-19(10-14-21)18-27-28-26(32)25-17-24(20-11-15-23(33-3)16-12-20)29-31(25)22-7-5-4-6-8-22/h4-18H,1-3H3,(H,28,32)/b27-18-. The number of hydrogen-bond donors (Lipinski definition) is 1. The lowest BCUT2D eigenvalue weighted by atomic mass is 10.1. The van der Waals surface area contributed by atoms with E-state index in [2.05, 4.69) is 15.6 Å². The number of rotatable bonds is 7. The van der Waals surface area contributed by atoms with Gasteiger partial charge in [-0.05, 0) is 60.2 Å². The van der Waals surface area contributed by atoms with Crippen molar-refractivity contribution in [3.63, 3.8) is 0 Å². The van der Waals surface area contributed by atoms with E-state index in [1.807, 2.05) is 97.9 Å². The summed E-state index contributed by atoms with van der Waals surface area (Å²) in [5.74, 6) is 0.402. The van der Waals surface area contributed by atoms with Crippen LogP contribution in [0.4, 0.5) is 5.69 Å². The number of methoxy groups -OCH3 is 1. The molecule has 0 bridgehead atoms. The van der Waals surface area contributed by atoms with Gasteiger partial charge in [0, 0.05) is 25.3 Å². The quantitative estimate of drug-likeness (QED) is 0.343. The number of nitrogens with one attached hydrogen (secondary N) is 1. The largest absolute Gasteiger partial charge is 0.497 e. The Morgan fingerprint density at radius 2 is 1.70 bits per heavy atom. The number of nitrogens with zero attached hydrogens (tertiary/aromatic N) is 4. The van der Waals surface area contributed by atoms with Gasteiger partial charge in [0.05, 0.1) is 24.7 Å². The van der Waals surface area contributed by atoms with Crippen LogP contribution < -0.4 is 15.1 Å². The summed E-state index contributed by atoms with van der Waals surface area (Å²) >= 11 is 0. The van der Waals surface area contributed by atoms with E-state index in [-0.39, 0.29) is 5.91 Å². The maximum atomic E-state index is 13.0. The number of ether oxygens (including phenoxy) is 1. The molecule has 0 saturated heterocycles. The highest BCUT2D eigenvalue weighted by atomic mass is 16.5. The van der Waals surface area contributed by atoms with Gasteiger partial charge in [0.1, 0.15) is 11.4 Å². The monoisotopic (exact) mass is 439 g/mol. The summed E-state index contributed by atoms with van der Waals surface area (Å²) in [6.45, 7) is 0. The van der Waals surface area contributed by atoms with E-state index in [0.717, 1.165) is 28.3 Å². The van der Waals surface area contributed by atoms with E-state index >= 15 is 0 Å². The second-order valence-corrected chi connectivity index (χ2v) is 7.58. The van der Waals surface area contributed by atoms with Gasteiger partial charge in [0.2, 0.25) is 0 Å². The molecule has 0 aliphatic carbocycles. The molecule has 1 N–H and O–H groups in total. The molecule has 0 aliphatic rings. The molecule has 4 rings (SSSR count). The molecule has 0 radical (unpaired) electrons. The van der Waals surface area contributed by atoms with Gasteiger partial charge in [-0.3, -0.25) is 4.79 Å². The highest BCUT2D eigenvalue weighted by Gasteiger charge is 2.17. The van der Waals surface area contributed by atoms with Crippen LogP contribution in [-0.2, 0) is 0 Å². The van der Waals surface area contributed by atoms with Gasteiger partial charge < -0.3 is 9.64 Å². The van der Waals surface area contributed by atoms with Gasteiger partial charge in [-0.1, -0.05) is 30.3 Å². The summed E-state index contributed by atoms with van der Waals surface area (Å²) in [6.07, 6.45) is 1.62. The number of para-hydroxylation sites is 1. The Kier molecular flexibility index (Phi) is 6.50. The summed E-state index contributed by atoms with van der Waals surface area (Å²) in [6, 6.07) is 26.7. The first-order valence-corrected chi connectivity index (χ1v) is 10.5. The zero-order chi connectivity index (χ0) is 23.2. The normalized spacial score (nSPS) is 10.9. The second-order valence-electron chi connectivity index (χ2n) is 7.58. The van der Waals surface area contributed by atoms with E-state index in [9.17, 15) is 4.79 Å². The van der Waals surface area contributed by atoms with Crippen LogP contribution in [0.2, 0.25) is 0 Å². The highest BCUT2D eigenvalue weighted by molar-refractivity contribution is 5.95. The van der Waals surface area contributed by atoms with Gasteiger partial charge >= 0.3 is 0 Å². The number of aromatic nitrogens is 2. The molecule has 7 heteroatoms. The van der Waals surface area contributed by atoms with Crippen LogP contribution in [-0.4, -0.2) is 43.1 Å². The predicted octanol–water partition coefficient (Wildman–Crippen LogP) is 4.38. The Labute approximate surface area is 192 Å². The molecule has 4 aromatic rings. The molecule has 7 nitrogen and oxygen atoms in total. The fraction of sp³-hybridized carbons (Fsp3) is 0.115. The second kappa shape index (κ2) is 9.82. The molecule has 0 aliphatic heterocycles. The van der Waals surface area contributed by atoms with Gasteiger partial charge in [-0.15, -0.1) is 0 Å². The summed E-state index contributed by atoms with van der Waals surface area (Å²) in [5.41, 5.74) is 7.31. The van der Waals surface area contributed by atoms with Crippen LogP contribution in [0, 0.1) is 0 Å². The zero-order valence-electron chi connectivity index (χ0n) is 18.8. The highest BCUT2D eigenvalue weighted by Crippen LogP contribution is 2.24. The third-order valence-electron chi connectivity index (χ3n) is 5.12. The lowest BCUT2D eigenvalue weighted by molar-refractivity contribution is 0.0947. The minimum atomic E-state index is -0.354. The van der Waals surface area contributed by atoms with Gasteiger partial charge in [-0.25, -0.2) is 10.1 Å². The van der Waals surface area contributed by atoms with E-state index in [4.69, 9.17) is 4.74 Å². The maximum absolute atomic E-state index is 13.0. The first kappa shape index (κ1) is 21.8. The molecule has 33 heavy (non-hydrogen) atoms. The molecular weight excluding hydrogens is 414 g/mol. The topological polar surface area (TPSA) is 71.8 Å². The molecule has 0 spiro atoms. The first-order chi connectivity index (χ1) is 16.0. The molecule has 0 fully saturated rings. The van der Waals surface area contributed by atoms with Crippen LogP contribution in [0.15, 0.2) is 90.0 Å². The average molecular weight is 440 g/mol. The van der Waals surface area contributed by atoms with Crippen molar-refractivity contribution in [1.82, 2.24) is 15.2 Å². The van der Waals surface area contributed by atoms with Crippen molar-refractivity contribution in [2.24, 2.45) is 5.10 Å². The Morgan fingerprint density at radius 3 is 2.33 bits per heavy atom. The van der Waals surface area contributed by atoms with Gasteiger partial charge in [0.25, 0.3) is 5.91 Å². The molecule has 166 valence electrons. The third-order valence-corrected chi connectivity index (χ3v) is 5.12. The number of hydrogen-bond acceptors (Lipinski definition) is 5. The summed E-state index contributed by atoms with van der Waals surface area (Å²) in [5, 5.41) is 8.81. The smallest absolute Gasteiger partial charge is 0.290 e. The summed E-state index contributed by atoms with van der Waals surface area (Å²) in [7, 11) is 5.59. The number of carbonyl (C=O) groups excluding carboxylic acids is 1. The summed E-state index contributed by atoms with van der Waals surface area (Å²) < 4.78 is 6.85. The molecule has 1 amide bonds. The lowest BCUT2D eigenvalue weighted by Gasteiger charge is -2.11. The number of anilines is 1. The summed E-state index contributed by atoms with van der Waals surface area (Å²) in [4.78, 5) is 15.0. The average Bonchev–Trinajstić information content (AvgIpc) is 3.30. The van der Waals surface area contributed by atoms with Crippen LogP contribution in [0.3, 0.4) is 0 Å². The maximum Gasteiger partial charge on any atom is 0.290 e. The van der Waals surface area contributed by atoms with Crippen LogP contribution in [0.25, 0.3) is 16.9 Å². The Bertz CT molecular complexity index is 1240. The van der Waals surface area contributed by atoms with Crippen molar-refractivity contribution in [3.8, 4) is 22.7 Å². The molecule has 0 saturated carbocycles. The zero-order valence-corrected chi connectivity index (χ0v) is 18.8. The van der Waals surface area contributed by atoms with Crippen LogP contribution in [0.5, 0.6) is 5.75 Å². The van der Waals surface area contributed by atoms with Crippen molar-refractivity contribution >= 4 is 17.8 Å². The van der Waals surface area contributed by atoms with E-state index < -0.39 is 0 Å². The van der Waals surface area contributed by atoms with E-state index in [1.165, 1.54) is 0 Å². The first-order valence-electron chi connectivity index (χ1n) is 10.5. The fourth-order valence-corrected chi connectivity index (χ4v) is 3.29. The van der Waals surface area contributed by atoms with Crippen molar-refractivity contribution < 1.29 is 9.53 Å². The van der Waals surface area contributed by atoms with Crippen LogP contribution in [0.1, 0.15) is 16.1 Å². The van der Waals surface area contributed by atoms with E-state index in [0.29, 0.717) is 11.4 Å². The number of carbonyl (C=O) groups is 1. The van der Waals surface area contributed by atoms with Gasteiger partial charge in [-0.2, -0.15) is 10.2 Å². The minimum absolute atomic E-state index is 0.354. The number of benzene rings is 3. The Morgan fingerprint density at radius 1 is 1.00 bits per heavy atom. The predicted molar refractivity (Wildman–Crippen MR) is 131 cm³/mol. The molecule has 1 aromatic heterocycles. The SMILES string of the molecule is COc1ccc(-c2cc(C(=O)N/N=C\c3ccc(N(C)C)cc3)n(-c3ccccc3)n2)cc1. The lowest BCUT2D eigenvalue weighted by Crippen LogP contribution is -2.21. The molecule has 3 aromatic carbocycles. The van der Waals surface area contributed by atoms with Crippen molar-refractivity contribution in [1.29, 1.82) is 0 Å². The molecule has 0 unspecified atom stereocenters. The number of amides is 1. The van der Waals surface area contributed by atoms with E-state index in [1.54, 1.807) is 24.1 Å². The van der Waals surface area contributed by atoms with Crippen molar-refractivity contribution in [2.45, 2.75) is 0 Å². The van der Waals surface area contributed by atoms with Crippen LogP contribution >= 0.6 is 0 Å². The number of hydrazone groups is 1.